The van der Waals surface area contributed by atoms with E-state index in [1.54, 1.807) is 18.6 Å². The molecule has 0 N–H and O–H groups in total. The van der Waals surface area contributed by atoms with Crippen molar-refractivity contribution < 1.29 is 0 Å². The Hall–Kier alpha value is -6.42. The minimum Gasteiger partial charge on any atom is -0.260 e. The molecule has 1 aliphatic rings. The number of aromatic nitrogens is 3. The number of hydrogen-bond donors (Lipinski definition) is 0. The molecule has 6 aromatic rings. The zero-order valence-electron chi connectivity index (χ0n) is 24.0. The lowest BCUT2D eigenvalue weighted by atomic mass is 9.77. The van der Waals surface area contributed by atoms with Gasteiger partial charge in [0.15, 0.2) is 5.69 Å². The summed E-state index contributed by atoms with van der Waals surface area (Å²) in [5.74, 6) is -1.09. The SMILES string of the molecule is [C-]#[N+]c1cc2cc(c1)C(c1ccccn1)c1cc(C#N)cc(c1)C(c1ccccn1)c1cc(C#N)cc(c1)C2c1ccccn1. The van der Waals surface area contributed by atoms with Crippen molar-refractivity contribution in [1.29, 1.82) is 10.5 Å². The van der Waals surface area contributed by atoms with Crippen molar-refractivity contribution in [2.45, 2.75) is 17.8 Å². The summed E-state index contributed by atoms with van der Waals surface area (Å²) in [4.78, 5) is 18.2. The fourth-order valence-corrected chi connectivity index (χ4v) is 6.45. The van der Waals surface area contributed by atoms with E-state index < -0.39 is 0 Å². The fourth-order valence-electron chi connectivity index (χ4n) is 6.45. The zero-order chi connectivity index (χ0) is 30.8. The van der Waals surface area contributed by atoms with E-state index in [9.17, 15) is 10.5 Å². The van der Waals surface area contributed by atoms with Crippen LogP contribution in [0.3, 0.4) is 0 Å². The smallest absolute Gasteiger partial charge is 0.187 e. The van der Waals surface area contributed by atoms with Crippen LogP contribution in [-0.4, -0.2) is 15.0 Å². The quantitative estimate of drug-likeness (QED) is 0.199. The zero-order valence-corrected chi connectivity index (χ0v) is 24.0. The molecular weight excluding hydrogens is 552 g/mol. The average molecular weight is 577 g/mol. The summed E-state index contributed by atoms with van der Waals surface area (Å²) in [7, 11) is 0. The van der Waals surface area contributed by atoms with Gasteiger partial charge in [-0.25, -0.2) is 4.85 Å². The first-order valence-corrected chi connectivity index (χ1v) is 14.5. The summed E-state index contributed by atoms with van der Waals surface area (Å²) >= 11 is 0. The predicted molar refractivity (Wildman–Crippen MR) is 171 cm³/mol. The first-order valence-electron chi connectivity index (χ1n) is 14.5. The van der Waals surface area contributed by atoms with Crippen LogP contribution in [0.2, 0.25) is 0 Å². The van der Waals surface area contributed by atoms with Crippen molar-refractivity contribution in [3.8, 4) is 12.1 Å². The molecule has 1 aliphatic carbocycles. The van der Waals surface area contributed by atoms with E-state index in [1.807, 2.05) is 91.0 Å². The number of fused-ring (bicyclic) bond motifs is 6. The minimum atomic E-state index is -0.365. The van der Waals surface area contributed by atoms with Crippen LogP contribution in [0.1, 0.15) is 79.3 Å². The lowest BCUT2D eigenvalue weighted by Gasteiger charge is -2.27. The van der Waals surface area contributed by atoms with E-state index in [1.165, 1.54) is 0 Å². The summed E-state index contributed by atoms with van der Waals surface area (Å²) in [6, 6.07) is 39.9. The van der Waals surface area contributed by atoms with Gasteiger partial charge in [-0.1, -0.05) is 48.5 Å². The van der Waals surface area contributed by atoms with Gasteiger partial charge in [-0.3, -0.25) is 15.0 Å². The Balaban J connectivity index is 1.65. The van der Waals surface area contributed by atoms with Crippen LogP contribution >= 0.6 is 0 Å². The predicted octanol–water partition coefficient (Wildman–Crippen LogP) is 8.02. The maximum absolute atomic E-state index is 10.2. The normalized spacial score (nSPS) is 16.6. The van der Waals surface area contributed by atoms with Gasteiger partial charge in [0, 0.05) is 18.6 Å². The fraction of sp³-hybridized carbons (Fsp3) is 0.0769. The molecule has 0 spiro atoms. The van der Waals surface area contributed by atoms with E-state index in [-0.39, 0.29) is 17.8 Å². The topological polar surface area (TPSA) is 90.6 Å². The number of rotatable bonds is 3. The molecule has 3 heterocycles. The van der Waals surface area contributed by atoms with Crippen LogP contribution < -0.4 is 0 Å². The molecular formula is C39H24N6. The van der Waals surface area contributed by atoms with Crippen molar-refractivity contribution in [2.24, 2.45) is 0 Å². The van der Waals surface area contributed by atoms with E-state index in [4.69, 9.17) is 21.5 Å². The van der Waals surface area contributed by atoms with Crippen LogP contribution in [-0.2, 0) is 0 Å². The van der Waals surface area contributed by atoms with Crippen molar-refractivity contribution in [1.82, 2.24) is 15.0 Å². The molecule has 210 valence electrons. The third-order valence-electron chi connectivity index (χ3n) is 8.26. The number of hydrogen-bond acceptors (Lipinski definition) is 5. The highest BCUT2D eigenvalue weighted by Crippen LogP contribution is 2.43. The van der Waals surface area contributed by atoms with Gasteiger partial charge in [-0.05, 0) is 94.0 Å². The molecule has 0 aliphatic heterocycles. The van der Waals surface area contributed by atoms with E-state index in [0.29, 0.717) is 16.8 Å². The molecule has 6 nitrogen and oxygen atoms in total. The number of benzene rings is 3. The Kier molecular flexibility index (Phi) is 7.12. The maximum atomic E-state index is 10.2. The van der Waals surface area contributed by atoms with Crippen molar-refractivity contribution in [3.05, 3.63) is 201 Å². The van der Waals surface area contributed by atoms with Gasteiger partial charge in [0.2, 0.25) is 0 Å². The second kappa shape index (κ2) is 11.7. The number of nitrogens with zero attached hydrogens (tertiary/aromatic N) is 6. The van der Waals surface area contributed by atoms with Crippen molar-refractivity contribution in [2.75, 3.05) is 0 Å². The monoisotopic (exact) mass is 576 g/mol. The van der Waals surface area contributed by atoms with Crippen LogP contribution in [0.5, 0.6) is 0 Å². The van der Waals surface area contributed by atoms with Gasteiger partial charge in [-0.15, -0.1) is 0 Å². The minimum absolute atomic E-state index is 0.361. The molecule has 3 aromatic heterocycles. The van der Waals surface area contributed by atoms with Crippen molar-refractivity contribution >= 4 is 5.69 Å². The van der Waals surface area contributed by atoms with E-state index in [2.05, 4.69) is 35.2 Å². The third kappa shape index (κ3) is 5.21. The van der Waals surface area contributed by atoms with Gasteiger partial charge in [0.1, 0.15) is 0 Å². The molecule has 6 heteroatoms. The molecule has 2 atom stereocenters. The Bertz CT molecular complexity index is 1840. The molecule has 7 rings (SSSR count). The molecule has 6 bridgehead atoms. The van der Waals surface area contributed by atoms with Gasteiger partial charge in [0.25, 0.3) is 0 Å². The van der Waals surface area contributed by atoms with E-state index in [0.717, 1.165) is 50.5 Å². The second-order valence-electron chi connectivity index (χ2n) is 11.0. The van der Waals surface area contributed by atoms with Gasteiger partial charge >= 0.3 is 0 Å². The highest BCUT2D eigenvalue weighted by atomic mass is 14.7. The molecule has 45 heavy (non-hydrogen) atoms. The molecule has 0 radical (unpaired) electrons. The first-order chi connectivity index (χ1) is 22.1. The van der Waals surface area contributed by atoms with Gasteiger partial charge < -0.3 is 0 Å². The molecule has 2 unspecified atom stereocenters. The molecule has 0 amide bonds. The van der Waals surface area contributed by atoms with Gasteiger partial charge in [0.05, 0.1) is 64.7 Å². The highest BCUT2D eigenvalue weighted by Gasteiger charge is 2.29. The summed E-state index contributed by atoms with van der Waals surface area (Å²) in [5, 5.41) is 20.5. The Labute approximate surface area is 261 Å². The number of pyridine rings is 3. The third-order valence-corrected chi connectivity index (χ3v) is 8.26. The first kappa shape index (κ1) is 27.4. The van der Waals surface area contributed by atoms with Crippen LogP contribution in [0.4, 0.5) is 5.69 Å². The van der Waals surface area contributed by atoms with E-state index >= 15 is 0 Å². The molecule has 0 saturated carbocycles. The van der Waals surface area contributed by atoms with Crippen LogP contribution in [0, 0.1) is 29.2 Å². The van der Waals surface area contributed by atoms with Crippen LogP contribution in [0.15, 0.2) is 128 Å². The summed E-state index contributed by atoms with van der Waals surface area (Å²) < 4.78 is 0. The van der Waals surface area contributed by atoms with Gasteiger partial charge in [-0.2, -0.15) is 10.5 Å². The average Bonchev–Trinajstić information content (AvgIpc) is 3.09. The molecule has 3 aromatic carbocycles. The Morgan fingerprint density at radius 1 is 0.489 bits per heavy atom. The summed E-state index contributed by atoms with van der Waals surface area (Å²) in [5.41, 5.74) is 9.17. The molecule has 0 fully saturated rings. The summed E-state index contributed by atoms with van der Waals surface area (Å²) in [6.45, 7) is 8.03. The number of nitriles is 2. The Morgan fingerprint density at radius 2 is 0.822 bits per heavy atom. The second-order valence-corrected chi connectivity index (χ2v) is 11.0. The maximum Gasteiger partial charge on any atom is 0.187 e. The standard InChI is InChI=1S/C39H24N6/c1-42-33-21-31-20-32(22-33)39(36-10-4-7-13-45-36)30-17-26(24-41)15-28(19-30)37(34-8-2-5-11-43-34)27-14-25(23-40)16-29(18-27)38(31)35-9-3-6-12-44-35/h2-22,37-39H. The van der Waals surface area contributed by atoms with Crippen molar-refractivity contribution in [3.63, 3.8) is 0 Å². The lowest BCUT2D eigenvalue weighted by Crippen LogP contribution is -2.14. The summed E-state index contributed by atoms with van der Waals surface area (Å²) in [6.07, 6.45) is 5.29. The Morgan fingerprint density at radius 3 is 1.09 bits per heavy atom. The lowest BCUT2D eigenvalue weighted by molar-refractivity contribution is 0.860. The van der Waals surface area contributed by atoms with Crippen LogP contribution in [0.25, 0.3) is 4.85 Å². The molecule has 0 saturated heterocycles. The highest BCUT2D eigenvalue weighted by molar-refractivity contribution is 5.60. The largest absolute Gasteiger partial charge is 0.260 e.